The summed E-state index contributed by atoms with van der Waals surface area (Å²) < 4.78 is 0. The molecule has 0 unspecified atom stereocenters. The summed E-state index contributed by atoms with van der Waals surface area (Å²) in [6.07, 6.45) is 8.01. The van der Waals surface area contributed by atoms with Crippen LogP contribution in [0.15, 0.2) is 30.3 Å². The normalized spacial score (nSPS) is 26.8. The van der Waals surface area contributed by atoms with Gasteiger partial charge in [0.2, 0.25) is 5.91 Å². The number of rotatable bonds is 5. The minimum Gasteiger partial charge on any atom is -0.338 e. The van der Waals surface area contributed by atoms with Crippen molar-refractivity contribution in [1.29, 1.82) is 0 Å². The maximum atomic E-state index is 12.6. The number of aryl methyl sites for hydroxylation is 1. The van der Waals surface area contributed by atoms with Gasteiger partial charge in [0, 0.05) is 25.6 Å². The number of carbonyl (C=O) groups is 1. The number of likely N-dealkylation sites (N-methyl/N-ethyl adjacent to an activating group) is 1. The monoisotopic (exact) mass is 369 g/mol. The fourth-order valence-corrected chi connectivity index (χ4v) is 5.35. The van der Waals surface area contributed by atoms with Gasteiger partial charge in [0.05, 0.1) is 0 Å². The van der Waals surface area contributed by atoms with Gasteiger partial charge in [-0.1, -0.05) is 30.3 Å². The number of benzene rings is 1. The van der Waals surface area contributed by atoms with Gasteiger partial charge in [0.15, 0.2) is 0 Å². The number of piperidine rings is 2. The molecule has 1 aromatic rings. The summed E-state index contributed by atoms with van der Waals surface area (Å²) in [5, 5.41) is 0. The minimum atomic E-state index is 0.394. The van der Waals surface area contributed by atoms with Gasteiger partial charge in [0.1, 0.15) is 0 Å². The van der Waals surface area contributed by atoms with E-state index in [0.717, 1.165) is 38.9 Å². The Hall–Kier alpha value is -1.39. The van der Waals surface area contributed by atoms with Crippen molar-refractivity contribution in [3.8, 4) is 0 Å². The second-order valence-electron chi connectivity index (χ2n) is 9.16. The van der Waals surface area contributed by atoms with E-state index in [9.17, 15) is 4.79 Å². The SMILES string of the molecule is CN1CC[C@H](N2CC3(CCC2=O)CCN(CCCc2ccccc2)CC3)C1. The maximum absolute atomic E-state index is 12.6. The molecule has 0 N–H and O–H groups in total. The van der Waals surface area contributed by atoms with E-state index < -0.39 is 0 Å². The Kier molecular flexibility index (Phi) is 5.84. The van der Waals surface area contributed by atoms with Crippen molar-refractivity contribution < 1.29 is 4.79 Å². The van der Waals surface area contributed by atoms with E-state index in [1.807, 2.05) is 0 Å². The van der Waals surface area contributed by atoms with Crippen LogP contribution in [-0.4, -0.2) is 73.0 Å². The number of amides is 1. The van der Waals surface area contributed by atoms with Crippen molar-refractivity contribution in [2.24, 2.45) is 5.41 Å². The molecule has 1 spiro atoms. The summed E-state index contributed by atoms with van der Waals surface area (Å²) in [5.41, 5.74) is 1.85. The summed E-state index contributed by atoms with van der Waals surface area (Å²) in [5.74, 6) is 0.409. The average Bonchev–Trinajstić information content (AvgIpc) is 3.13. The molecule has 3 fully saturated rings. The lowest BCUT2D eigenvalue weighted by atomic mass is 9.72. The third-order valence-electron chi connectivity index (χ3n) is 7.20. The zero-order valence-electron chi connectivity index (χ0n) is 16.9. The van der Waals surface area contributed by atoms with E-state index in [1.54, 1.807) is 0 Å². The highest BCUT2D eigenvalue weighted by Crippen LogP contribution is 2.41. The minimum absolute atomic E-state index is 0.394. The van der Waals surface area contributed by atoms with Crippen molar-refractivity contribution >= 4 is 5.91 Å². The molecule has 3 aliphatic rings. The Morgan fingerprint density at radius 1 is 1.07 bits per heavy atom. The fraction of sp³-hybridized carbons (Fsp3) is 0.696. The summed E-state index contributed by atoms with van der Waals surface area (Å²) >= 11 is 0. The molecule has 1 amide bonds. The molecule has 4 nitrogen and oxygen atoms in total. The van der Waals surface area contributed by atoms with Crippen LogP contribution in [0.25, 0.3) is 0 Å². The topological polar surface area (TPSA) is 26.8 Å². The van der Waals surface area contributed by atoms with Crippen molar-refractivity contribution in [1.82, 2.24) is 14.7 Å². The van der Waals surface area contributed by atoms with Crippen LogP contribution in [0.3, 0.4) is 0 Å². The number of likely N-dealkylation sites (tertiary alicyclic amines) is 3. The van der Waals surface area contributed by atoms with Gasteiger partial charge in [-0.25, -0.2) is 0 Å². The first-order valence-electron chi connectivity index (χ1n) is 10.9. The van der Waals surface area contributed by atoms with E-state index in [-0.39, 0.29) is 0 Å². The van der Waals surface area contributed by atoms with Crippen LogP contribution < -0.4 is 0 Å². The molecule has 1 aromatic carbocycles. The standard InChI is InChI=1S/C23H35N3O/c1-24-15-10-21(18-24)26-19-23(11-9-22(26)27)12-16-25(17-13-23)14-5-8-20-6-3-2-4-7-20/h2-4,6-7,21H,5,8-19H2,1H3/t21-/m0/s1. The van der Waals surface area contributed by atoms with Gasteiger partial charge >= 0.3 is 0 Å². The summed E-state index contributed by atoms with van der Waals surface area (Å²) in [6, 6.07) is 11.3. The van der Waals surface area contributed by atoms with Crippen LogP contribution in [0.2, 0.25) is 0 Å². The van der Waals surface area contributed by atoms with Gasteiger partial charge < -0.3 is 14.7 Å². The van der Waals surface area contributed by atoms with E-state index in [4.69, 9.17) is 0 Å². The third-order valence-corrected chi connectivity index (χ3v) is 7.20. The van der Waals surface area contributed by atoms with Crippen molar-refractivity contribution in [3.05, 3.63) is 35.9 Å². The van der Waals surface area contributed by atoms with E-state index >= 15 is 0 Å². The molecule has 0 radical (unpaired) electrons. The molecule has 1 atom stereocenters. The van der Waals surface area contributed by atoms with Crippen LogP contribution in [0.4, 0.5) is 0 Å². The molecule has 0 saturated carbocycles. The van der Waals surface area contributed by atoms with Gasteiger partial charge in [0.25, 0.3) is 0 Å². The predicted octanol–water partition coefficient (Wildman–Crippen LogP) is 3.03. The Morgan fingerprint density at radius 3 is 2.56 bits per heavy atom. The molecular weight excluding hydrogens is 334 g/mol. The van der Waals surface area contributed by atoms with Crippen LogP contribution in [-0.2, 0) is 11.2 Å². The van der Waals surface area contributed by atoms with Crippen molar-refractivity contribution in [2.75, 3.05) is 46.3 Å². The van der Waals surface area contributed by atoms with Crippen LogP contribution >= 0.6 is 0 Å². The summed E-state index contributed by atoms with van der Waals surface area (Å²) in [6.45, 7) is 6.84. The molecule has 0 bridgehead atoms. The lowest BCUT2D eigenvalue weighted by Gasteiger charge is -2.49. The Labute approximate surface area is 164 Å². The lowest BCUT2D eigenvalue weighted by Crippen LogP contribution is -2.54. The molecule has 0 aromatic heterocycles. The molecule has 3 saturated heterocycles. The first-order chi connectivity index (χ1) is 13.1. The van der Waals surface area contributed by atoms with Gasteiger partial charge in [-0.2, -0.15) is 0 Å². The Balaban J connectivity index is 1.25. The van der Waals surface area contributed by atoms with Gasteiger partial charge in [-0.15, -0.1) is 0 Å². The molecular formula is C23H35N3O. The van der Waals surface area contributed by atoms with Crippen molar-refractivity contribution in [2.45, 2.75) is 51.0 Å². The van der Waals surface area contributed by atoms with Crippen LogP contribution in [0.5, 0.6) is 0 Å². The smallest absolute Gasteiger partial charge is 0.222 e. The highest BCUT2D eigenvalue weighted by atomic mass is 16.2. The number of hydrogen-bond acceptors (Lipinski definition) is 3. The molecule has 4 rings (SSSR count). The number of hydrogen-bond donors (Lipinski definition) is 0. The molecule has 3 heterocycles. The Morgan fingerprint density at radius 2 is 1.85 bits per heavy atom. The Bertz CT molecular complexity index is 624. The second-order valence-corrected chi connectivity index (χ2v) is 9.16. The average molecular weight is 370 g/mol. The number of carbonyl (C=O) groups excluding carboxylic acids is 1. The zero-order valence-corrected chi connectivity index (χ0v) is 16.9. The second kappa shape index (κ2) is 8.32. The largest absolute Gasteiger partial charge is 0.338 e. The third kappa shape index (κ3) is 4.55. The summed E-state index contributed by atoms with van der Waals surface area (Å²) in [7, 11) is 2.18. The first-order valence-corrected chi connectivity index (χ1v) is 10.9. The summed E-state index contributed by atoms with van der Waals surface area (Å²) in [4.78, 5) is 19.8. The maximum Gasteiger partial charge on any atom is 0.222 e. The zero-order chi connectivity index (χ0) is 18.7. The van der Waals surface area contributed by atoms with Gasteiger partial charge in [-0.3, -0.25) is 4.79 Å². The number of nitrogens with zero attached hydrogens (tertiary/aromatic N) is 3. The van der Waals surface area contributed by atoms with Crippen LogP contribution in [0, 0.1) is 5.41 Å². The molecule has 4 heteroatoms. The fourth-order valence-electron chi connectivity index (χ4n) is 5.35. The highest BCUT2D eigenvalue weighted by molar-refractivity contribution is 5.77. The van der Waals surface area contributed by atoms with E-state index in [0.29, 0.717) is 17.4 Å². The van der Waals surface area contributed by atoms with Crippen LogP contribution in [0.1, 0.15) is 44.1 Å². The van der Waals surface area contributed by atoms with E-state index in [2.05, 4.69) is 52.1 Å². The quantitative estimate of drug-likeness (QED) is 0.798. The van der Waals surface area contributed by atoms with Gasteiger partial charge in [-0.05, 0) is 82.7 Å². The molecule has 0 aliphatic carbocycles. The first kappa shape index (κ1) is 18.9. The lowest BCUT2D eigenvalue weighted by molar-refractivity contribution is -0.142. The highest BCUT2D eigenvalue weighted by Gasteiger charge is 2.43. The molecule has 3 aliphatic heterocycles. The molecule has 148 valence electrons. The van der Waals surface area contributed by atoms with Crippen molar-refractivity contribution in [3.63, 3.8) is 0 Å². The predicted molar refractivity (Wildman–Crippen MR) is 110 cm³/mol. The van der Waals surface area contributed by atoms with E-state index in [1.165, 1.54) is 50.9 Å². The molecule has 27 heavy (non-hydrogen) atoms.